The van der Waals surface area contributed by atoms with Gasteiger partial charge in [0.05, 0.1) is 11.0 Å². The molecule has 0 atom stereocenters. The molecule has 224 valence electrons. The van der Waals surface area contributed by atoms with Gasteiger partial charge in [0.15, 0.2) is 0 Å². The van der Waals surface area contributed by atoms with Crippen LogP contribution in [0.25, 0.3) is 60.9 Å². The van der Waals surface area contributed by atoms with E-state index in [1.165, 1.54) is 83.1 Å². The molecule has 0 aliphatic heterocycles. The predicted molar refractivity (Wildman–Crippen MR) is 198 cm³/mol. The van der Waals surface area contributed by atoms with Crippen molar-refractivity contribution in [2.75, 3.05) is 0 Å². The van der Waals surface area contributed by atoms with Gasteiger partial charge in [-0.1, -0.05) is 147 Å². The fraction of sp³-hybridized carbons (Fsp3) is 0.0870. The first kappa shape index (κ1) is 27.6. The molecule has 1 aliphatic rings. The summed E-state index contributed by atoms with van der Waals surface area (Å²) in [5.74, 6) is 0. The van der Waals surface area contributed by atoms with Gasteiger partial charge in [0, 0.05) is 21.9 Å². The van der Waals surface area contributed by atoms with Crippen molar-refractivity contribution in [1.82, 2.24) is 4.57 Å². The second kappa shape index (κ2) is 10.7. The monoisotopic (exact) mass is 601 g/mol. The van der Waals surface area contributed by atoms with E-state index < -0.39 is 0 Å². The van der Waals surface area contributed by atoms with Crippen molar-refractivity contribution in [3.8, 4) is 39.1 Å². The molecule has 1 aromatic heterocycles. The van der Waals surface area contributed by atoms with Crippen LogP contribution in [0.4, 0.5) is 0 Å². The van der Waals surface area contributed by atoms with Gasteiger partial charge in [-0.05, 0) is 92.4 Å². The average molecular weight is 602 g/mol. The molecular formula is C46H35N. The highest BCUT2D eigenvalue weighted by atomic mass is 15.0. The minimum Gasteiger partial charge on any atom is -0.309 e. The predicted octanol–water partition coefficient (Wildman–Crippen LogP) is 12.0. The lowest BCUT2D eigenvalue weighted by atomic mass is 9.82. The van der Waals surface area contributed by atoms with Crippen molar-refractivity contribution in [1.29, 1.82) is 0 Å². The Labute approximate surface area is 276 Å². The Morgan fingerprint density at radius 2 is 1.00 bits per heavy atom. The smallest absolute Gasteiger partial charge is 0.0541 e. The molecule has 0 fully saturated rings. The third kappa shape index (κ3) is 4.54. The minimum absolute atomic E-state index is 0.0528. The first-order chi connectivity index (χ1) is 23.0. The van der Waals surface area contributed by atoms with E-state index in [1.807, 2.05) is 0 Å². The topological polar surface area (TPSA) is 4.93 Å². The van der Waals surface area contributed by atoms with E-state index in [4.69, 9.17) is 0 Å². The molecule has 0 N–H and O–H groups in total. The van der Waals surface area contributed by atoms with Crippen LogP contribution in [0.5, 0.6) is 0 Å². The highest BCUT2D eigenvalue weighted by Crippen LogP contribution is 2.48. The zero-order valence-corrected chi connectivity index (χ0v) is 26.7. The molecule has 0 saturated carbocycles. The lowest BCUT2D eigenvalue weighted by molar-refractivity contribution is 0.660. The zero-order valence-electron chi connectivity index (χ0n) is 26.7. The van der Waals surface area contributed by atoms with Crippen LogP contribution in [0.15, 0.2) is 164 Å². The number of hydrogen-bond donors (Lipinski definition) is 0. The Kier molecular flexibility index (Phi) is 6.30. The van der Waals surface area contributed by atoms with Crippen molar-refractivity contribution in [3.05, 3.63) is 186 Å². The summed E-state index contributed by atoms with van der Waals surface area (Å²) in [7, 11) is 0. The largest absolute Gasteiger partial charge is 0.309 e. The van der Waals surface area contributed by atoms with Gasteiger partial charge in [-0.25, -0.2) is 0 Å². The van der Waals surface area contributed by atoms with E-state index in [1.54, 1.807) is 0 Å². The van der Waals surface area contributed by atoms with Gasteiger partial charge in [-0.15, -0.1) is 0 Å². The van der Waals surface area contributed by atoms with Crippen molar-refractivity contribution in [3.63, 3.8) is 0 Å². The van der Waals surface area contributed by atoms with E-state index in [0.717, 1.165) is 6.42 Å². The number of fused-ring (bicyclic) bond motifs is 6. The van der Waals surface area contributed by atoms with Gasteiger partial charge in [0.25, 0.3) is 0 Å². The molecule has 0 bridgehead atoms. The molecule has 0 saturated heterocycles. The van der Waals surface area contributed by atoms with Gasteiger partial charge in [0.2, 0.25) is 0 Å². The van der Waals surface area contributed by atoms with Crippen LogP contribution in [-0.2, 0) is 11.8 Å². The van der Waals surface area contributed by atoms with Crippen molar-refractivity contribution < 1.29 is 0 Å². The number of aromatic nitrogens is 1. The number of benzene rings is 7. The second-order valence-electron chi connectivity index (χ2n) is 13.4. The summed E-state index contributed by atoms with van der Waals surface area (Å²) in [6.45, 7) is 4.68. The van der Waals surface area contributed by atoms with Crippen LogP contribution in [0.1, 0.15) is 36.1 Å². The molecule has 1 nitrogen and oxygen atoms in total. The summed E-state index contributed by atoms with van der Waals surface area (Å²) >= 11 is 0. The quantitative estimate of drug-likeness (QED) is 0.185. The second-order valence-corrected chi connectivity index (χ2v) is 13.4. The van der Waals surface area contributed by atoms with Crippen LogP contribution in [0.3, 0.4) is 0 Å². The maximum atomic E-state index is 2.41. The molecule has 9 rings (SSSR count). The fourth-order valence-corrected chi connectivity index (χ4v) is 7.79. The summed E-state index contributed by atoms with van der Waals surface area (Å²) in [5, 5.41) is 2.55. The van der Waals surface area contributed by atoms with E-state index in [0.29, 0.717) is 0 Å². The Morgan fingerprint density at radius 1 is 0.426 bits per heavy atom. The van der Waals surface area contributed by atoms with Gasteiger partial charge < -0.3 is 4.57 Å². The zero-order chi connectivity index (χ0) is 31.5. The summed E-state index contributed by atoms with van der Waals surface area (Å²) in [5.41, 5.74) is 17.0. The Hall–Kier alpha value is -5.66. The normalized spacial score (nSPS) is 13.1. The van der Waals surface area contributed by atoms with Crippen molar-refractivity contribution >= 4 is 21.8 Å². The molecule has 0 spiro atoms. The first-order valence-electron chi connectivity index (χ1n) is 16.6. The summed E-state index contributed by atoms with van der Waals surface area (Å²) in [4.78, 5) is 0. The SMILES string of the molecule is CC1(C)c2ccccc2-c2cc(Cc3ccc(-c4ccc(-c5ccc6c(c5)c5ccccc5n6-c5ccccc5)cc4)cc3)ccc21. The Balaban J connectivity index is 0.975. The summed E-state index contributed by atoms with van der Waals surface area (Å²) in [6.07, 6.45) is 0.929. The van der Waals surface area contributed by atoms with Crippen LogP contribution < -0.4 is 0 Å². The molecular weight excluding hydrogens is 567 g/mol. The average Bonchev–Trinajstić information content (AvgIpc) is 3.57. The number of rotatable bonds is 5. The number of para-hydroxylation sites is 2. The van der Waals surface area contributed by atoms with Gasteiger partial charge >= 0.3 is 0 Å². The fourth-order valence-electron chi connectivity index (χ4n) is 7.79. The lowest BCUT2D eigenvalue weighted by Crippen LogP contribution is -2.14. The van der Waals surface area contributed by atoms with E-state index in [2.05, 4.69) is 182 Å². The maximum absolute atomic E-state index is 2.41. The molecule has 8 aromatic rings. The third-order valence-electron chi connectivity index (χ3n) is 10.2. The third-order valence-corrected chi connectivity index (χ3v) is 10.2. The van der Waals surface area contributed by atoms with Crippen molar-refractivity contribution in [2.45, 2.75) is 25.7 Å². The molecule has 0 amide bonds. The van der Waals surface area contributed by atoms with E-state index >= 15 is 0 Å². The highest BCUT2D eigenvalue weighted by Gasteiger charge is 2.34. The Bertz CT molecular complexity index is 2420. The molecule has 1 heterocycles. The Morgan fingerprint density at radius 3 is 1.79 bits per heavy atom. The van der Waals surface area contributed by atoms with Gasteiger partial charge in [-0.2, -0.15) is 0 Å². The van der Waals surface area contributed by atoms with E-state index in [-0.39, 0.29) is 5.41 Å². The standard InChI is InChI=1S/C46H35N/c1-46(2)42-14-8-6-12-38(42)40-29-32(18-26-43(40)46)28-31-16-19-33(20-17-31)34-21-23-35(24-22-34)36-25-27-45-41(30-36)39-13-7-9-15-44(39)47(45)37-10-4-3-5-11-37/h3-27,29-30H,28H2,1-2H3. The number of hydrogen-bond acceptors (Lipinski definition) is 0. The molecule has 0 unspecified atom stereocenters. The molecule has 7 aromatic carbocycles. The van der Waals surface area contributed by atoms with Crippen LogP contribution >= 0.6 is 0 Å². The van der Waals surface area contributed by atoms with Crippen LogP contribution in [-0.4, -0.2) is 4.57 Å². The highest BCUT2D eigenvalue weighted by molar-refractivity contribution is 6.10. The molecule has 0 radical (unpaired) electrons. The number of nitrogens with zero attached hydrogens (tertiary/aromatic N) is 1. The summed E-state index contributed by atoms with van der Waals surface area (Å²) < 4.78 is 2.37. The van der Waals surface area contributed by atoms with E-state index in [9.17, 15) is 0 Å². The summed E-state index contributed by atoms with van der Waals surface area (Å²) in [6, 6.07) is 60.3. The van der Waals surface area contributed by atoms with Crippen molar-refractivity contribution in [2.24, 2.45) is 0 Å². The molecule has 47 heavy (non-hydrogen) atoms. The van der Waals surface area contributed by atoms with Crippen LogP contribution in [0.2, 0.25) is 0 Å². The molecule has 1 heteroatoms. The first-order valence-corrected chi connectivity index (χ1v) is 16.6. The lowest BCUT2D eigenvalue weighted by Gasteiger charge is -2.21. The van der Waals surface area contributed by atoms with Crippen LogP contribution in [0, 0.1) is 0 Å². The maximum Gasteiger partial charge on any atom is 0.0541 e. The van der Waals surface area contributed by atoms with Gasteiger partial charge in [-0.3, -0.25) is 0 Å². The minimum atomic E-state index is 0.0528. The van der Waals surface area contributed by atoms with Gasteiger partial charge in [0.1, 0.15) is 0 Å². The molecule has 1 aliphatic carbocycles.